The first kappa shape index (κ1) is 16.2. The Kier molecular flexibility index (Phi) is 5.30. The lowest BCUT2D eigenvalue weighted by Gasteiger charge is -2.34. The fraction of sp³-hybridized carbons (Fsp3) is 0.600. The van der Waals surface area contributed by atoms with Crippen LogP contribution in [0.4, 0.5) is 4.79 Å². The van der Waals surface area contributed by atoms with Crippen molar-refractivity contribution in [2.24, 2.45) is 11.8 Å². The number of hydrogen-bond acceptors (Lipinski definition) is 4. The zero-order valence-corrected chi connectivity index (χ0v) is 13.0. The maximum Gasteiger partial charge on any atom is 0.317 e. The van der Waals surface area contributed by atoms with Gasteiger partial charge in [0, 0.05) is 38.4 Å². The fourth-order valence-corrected chi connectivity index (χ4v) is 2.65. The highest BCUT2D eigenvalue weighted by atomic mass is 16.4. The van der Waals surface area contributed by atoms with Crippen molar-refractivity contribution in [2.75, 3.05) is 19.6 Å². The Balaban J connectivity index is 1.81. The zero-order valence-electron chi connectivity index (χ0n) is 13.0. The number of aliphatic carboxylic acids is 1. The minimum Gasteiger partial charge on any atom is -0.481 e. The van der Waals surface area contributed by atoms with Crippen LogP contribution >= 0.6 is 0 Å². The summed E-state index contributed by atoms with van der Waals surface area (Å²) in [7, 11) is 0. The Morgan fingerprint density at radius 1 is 1.36 bits per heavy atom. The van der Waals surface area contributed by atoms with E-state index >= 15 is 0 Å². The second-order valence-electron chi connectivity index (χ2n) is 5.91. The molecule has 1 aromatic heterocycles. The lowest BCUT2D eigenvalue weighted by Crippen LogP contribution is -2.49. The van der Waals surface area contributed by atoms with Gasteiger partial charge in [0.1, 0.15) is 0 Å². The molecular formula is C15H22N4O3. The number of likely N-dealkylation sites (tertiary alicyclic amines) is 1. The normalized spacial score (nSPS) is 21.5. The molecule has 2 heterocycles. The molecule has 0 aromatic carbocycles. The molecule has 0 aliphatic carbocycles. The minimum absolute atomic E-state index is 0.198. The standard InChI is InChI=1S/C15H22N4O3/c1-10-5-12(14(20)21)9-19(8-10)15(22)16-4-3-13-7-17-11(2)6-18-13/h6-7,10,12H,3-5,8-9H2,1-2H3,(H,16,22)(H,20,21). The van der Waals surface area contributed by atoms with Gasteiger partial charge >= 0.3 is 12.0 Å². The van der Waals surface area contributed by atoms with Crippen molar-refractivity contribution in [3.05, 3.63) is 23.8 Å². The van der Waals surface area contributed by atoms with Crippen molar-refractivity contribution < 1.29 is 14.7 Å². The number of urea groups is 1. The van der Waals surface area contributed by atoms with Gasteiger partial charge in [-0.2, -0.15) is 0 Å². The summed E-state index contributed by atoms with van der Waals surface area (Å²) >= 11 is 0. The molecule has 2 unspecified atom stereocenters. The van der Waals surface area contributed by atoms with Crippen LogP contribution in [0.3, 0.4) is 0 Å². The Bertz CT molecular complexity index is 532. The second kappa shape index (κ2) is 7.20. The van der Waals surface area contributed by atoms with E-state index in [9.17, 15) is 9.59 Å². The number of amides is 2. The summed E-state index contributed by atoms with van der Waals surface area (Å²) in [5, 5.41) is 12.0. The van der Waals surface area contributed by atoms with Crippen molar-refractivity contribution in [1.82, 2.24) is 20.2 Å². The highest BCUT2D eigenvalue weighted by Gasteiger charge is 2.31. The lowest BCUT2D eigenvalue weighted by atomic mass is 9.91. The summed E-state index contributed by atoms with van der Waals surface area (Å²) in [6, 6.07) is -0.210. The van der Waals surface area contributed by atoms with Gasteiger partial charge in [-0.3, -0.25) is 14.8 Å². The molecule has 2 rings (SSSR count). The average molecular weight is 306 g/mol. The molecule has 7 heteroatoms. The Morgan fingerprint density at radius 2 is 2.14 bits per heavy atom. The fourth-order valence-electron chi connectivity index (χ4n) is 2.65. The molecule has 120 valence electrons. The number of nitrogens with one attached hydrogen (secondary N) is 1. The number of aromatic nitrogens is 2. The quantitative estimate of drug-likeness (QED) is 0.868. The molecule has 1 saturated heterocycles. The number of aryl methyl sites for hydroxylation is 1. The van der Waals surface area contributed by atoms with Gasteiger partial charge in [-0.05, 0) is 19.3 Å². The third-order valence-electron chi connectivity index (χ3n) is 3.79. The molecule has 2 N–H and O–H groups in total. The summed E-state index contributed by atoms with van der Waals surface area (Å²) in [6.45, 7) is 5.17. The molecule has 2 atom stereocenters. The second-order valence-corrected chi connectivity index (χ2v) is 5.91. The molecule has 0 spiro atoms. The Labute approximate surface area is 129 Å². The Hall–Kier alpha value is -2.18. The number of carboxylic acid groups (broad SMARTS) is 1. The van der Waals surface area contributed by atoms with Crippen LogP contribution in [-0.2, 0) is 11.2 Å². The van der Waals surface area contributed by atoms with Crippen LogP contribution in [0.2, 0.25) is 0 Å². The van der Waals surface area contributed by atoms with Gasteiger partial charge in [0.2, 0.25) is 0 Å². The maximum atomic E-state index is 12.1. The van der Waals surface area contributed by atoms with Crippen molar-refractivity contribution in [1.29, 1.82) is 0 Å². The summed E-state index contributed by atoms with van der Waals surface area (Å²) in [5.74, 6) is -1.11. The van der Waals surface area contributed by atoms with Crippen LogP contribution in [0.15, 0.2) is 12.4 Å². The summed E-state index contributed by atoms with van der Waals surface area (Å²) in [6.07, 6.45) is 4.62. The molecule has 7 nitrogen and oxygen atoms in total. The molecule has 0 radical (unpaired) electrons. The molecule has 22 heavy (non-hydrogen) atoms. The maximum absolute atomic E-state index is 12.1. The molecule has 1 fully saturated rings. The summed E-state index contributed by atoms with van der Waals surface area (Å²) in [4.78, 5) is 33.2. The lowest BCUT2D eigenvalue weighted by molar-refractivity contribution is -0.143. The van der Waals surface area contributed by atoms with E-state index in [-0.39, 0.29) is 18.5 Å². The molecule has 0 saturated carbocycles. The van der Waals surface area contributed by atoms with Gasteiger partial charge in [0.25, 0.3) is 0 Å². The first-order valence-corrected chi connectivity index (χ1v) is 7.49. The molecule has 1 aliphatic rings. The zero-order chi connectivity index (χ0) is 16.1. The van der Waals surface area contributed by atoms with Gasteiger partial charge in [-0.15, -0.1) is 0 Å². The largest absolute Gasteiger partial charge is 0.481 e. The summed E-state index contributed by atoms with van der Waals surface area (Å²) in [5.41, 5.74) is 1.68. The number of carboxylic acids is 1. The van der Waals surface area contributed by atoms with E-state index in [0.717, 1.165) is 11.4 Å². The number of rotatable bonds is 4. The topological polar surface area (TPSA) is 95.4 Å². The van der Waals surface area contributed by atoms with Gasteiger partial charge in [-0.25, -0.2) is 4.79 Å². The van der Waals surface area contributed by atoms with Gasteiger partial charge < -0.3 is 15.3 Å². The van der Waals surface area contributed by atoms with E-state index < -0.39 is 11.9 Å². The van der Waals surface area contributed by atoms with E-state index in [1.807, 2.05) is 13.8 Å². The van der Waals surface area contributed by atoms with Crippen LogP contribution in [0.1, 0.15) is 24.7 Å². The highest BCUT2D eigenvalue weighted by Crippen LogP contribution is 2.21. The number of carbonyl (C=O) groups excluding carboxylic acids is 1. The van der Waals surface area contributed by atoms with Crippen LogP contribution in [0.25, 0.3) is 0 Å². The first-order chi connectivity index (χ1) is 10.5. The van der Waals surface area contributed by atoms with Crippen LogP contribution in [0, 0.1) is 18.8 Å². The summed E-state index contributed by atoms with van der Waals surface area (Å²) < 4.78 is 0. The van der Waals surface area contributed by atoms with E-state index in [0.29, 0.717) is 25.9 Å². The predicted octanol–water partition coefficient (Wildman–Crippen LogP) is 1.08. The van der Waals surface area contributed by atoms with E-state index in [1.165, 1.54) is 0 Å². The first-order valence-electron chi connectivity index (χ1n) is 7.49. The molecular weight excluding hydrogens is 284 g/mol. The Morgan fingerprint density at radius 3 is 2.77 bits per heavy atom. The number of carbonyl (C=O) groups is 2. The molecule has 1 aliphatic heterocycles. The SMILES string of the molecule is Cc1cnc(CCNC(=O)N2CC(C)CC(C(=O)O)C2)cn1. The predicted molar refractivity (Wildman–Crippen MR) is 80.4 cm³/mol. The van der Waals surface area contributed by atoms with Crippen molar-refractivity contribution in [2.45, 2.75) is 26.7 Å². The van der Waals surface area contributed by atoms with Gasteiger partial charge in [0.05, 0.1) is 17.3 Å². The molecule has 0 bridgehead atoms. The van der Waals surface area contributed by atoms with E-state index in [4.69, 9.17) is 5.11 Å². The third-order valence-corrected chi connectivity index (χ3v) is 3.79. The third kappa shape index (κ3) is 4.41. The highest BCUT2D eigenvalue weighted by molar-refractivity contribution is 5.76. The van der Waals surface area contributed by atoms with Crippen LogP contribution in [0.5, 0.6) is 0 Å². The van der Waals surface area contributed by atoms with Crippen molar-refractivity contribution in [3.63, 3.8) is 0 Å². The number of piperidine rings is 1. The number of nitrogens with zero attached hydrogens (tertiary/aromatic N) is 3. The molecule has 1 aromatic rings. The van der Waals surface area contributed by atoms with E-state index in [2.05, 4.69) is 15.3 Å². The number of hydrogen-bond donors (Lipinski definition) is 2. The van der Waals surface area contributed by atoms with Crippen LogP contribution < -0.4 is 5.32 Å². The monoisotopic (exact) mass is 306 g/mol. The molecule has 2 amide bonds. The smallest absolute Gasteiger partial charge is 0.317 e. The van der Waals surface area contributed by atoms with Gasteiger partial charge in [0.15, 0.2) is 0 Å². The van der Waals surface area contributed by atoms with Crippen LogP contribution in [-0.4, -0.2) is 51.6 Å². The van der Waals surface area contributed by atoms with Gasteiger partial charge in [-0.1, -0.05) is 6.92 Å². The van der Waals surface area contributed by atoms with E-state index in [1.54, 1.807) is 17.3 Å². The van der Waals surface area contributed by atoms with Crippen molar-refractivity contribution >= 4 is 12.0 Å². The van der Waals surface area contributed by atoms with Crippen molar-refractivity contribution in [3.8, 4) is 0 Å². The minimum atomic E-state index is -0.834. The average Bonchev–Trinajstić information content (AvgIpc) is 2.48.